The Morgan fingerprint density at radius 2 is 1.67 bits per heavy atom. The molecule has 0 spiro atoms. The summed E-state index contributed by atoms with van der Waals surface area (Å²) in [4.78, 5) is 18.3. The third kappa shape index (κ3) is 5.47. The van der Waals surface area contributed by atoms with Crippen LogP contribution in [0.5, 0.6) is 5.75 Å². The van der Waals surface area contributed by atoms with E-state index in [4.69, 9.17) is 4.74 Å². The van der Waals surface area contributed by atoms with Gasteiger partial charge in [0.1, 0.15) is 11.6 Å². The first-order chi connectivity index (χ1) is 13.1. The van der Waals surface area contributed by atoms with Gasteiger partial charge in [0.25, 0.3) is 5.91 Å². The summed E-state index contributed by atoms with van der Waals surface area (Å²) >= 11 is 0. The van der Waals surface area contributed by atoms with Gasteiger partial charge in [0.15, 0.2) is 6.61 Å². The smallest absolute Gasteiger partial charge is 0.263 e. The van der Waals surface area contributed by atoms with Crippen LogP contribution in [0.25, 0.3) is 0 Å². The summed E-state index contributed by atoms with van der Waals surface area (Å²) in [5, 5.41) is 5.99. The Hall–Kier alpha value is -3.54. The number of ether oxygens (including phenoxy) is 1. The van der Waals surface area contributed by atoms with Crippen LogP contribution in [0.4, 0.5) is 22.9 Å². The summed E-state index contributed by atoms with van der Waals surface area (Å²) in [5.41, 5.74) is 2.94. The number of carbonyl (C=O) groups excluding carboxylic acids is 1. The molecule has 0 bridgehead atoms. The first kappa shape index (κ1) is 18.3. The van der Waals surface area contributed by atoms with Gasteiger partial charge in [-0.1, -0.05) is 18.2 Å². The zero-order valence-corrected chi connectivity index (χ0v) is 15.3. The van der Waals surface area contributed by atoms with E-state index < -0.39 is 0 Å². The molecular weight excluding hydrogens is 340 g/mol. The van der Waals surface area contributed by atoms with Crippen molar-refractivity contribution in [2.75, 3.05) is 36.2 Å². The molecule has 0 saturated carbocycles. The van der Waals surface area contributed by atoms with E-state index >= 15 is 0 Å². The fourth-order valence-electron chi connectivity index (χ4n) is 2.40. The topological polar surface area (TPSA) is 66.5 Å². The number of pyridine rings is 1. The number of aromatic nitrogens is 1. The maximum absolute atomic E-state index is 12.0. The van der Waals surface area contributed by atoms with Gasteiger partial charge in [0.2, 0.25) is 0 Å². The predicted octanol–water partition coefficient (Wildman–Crippen LogP) is 3.91. The van der Waals surface area contributed by atoms with E-state index in [0.29, 0.717) is 11.6 Å². The molecule has 138 valence electrons. The van der Waals surface area contributed by atoms with Gasteiger partial charge in [0, 0.05) is 25.5 Å². The molecule has 0 aliphatic rings. The summed E-state index contributed by atoms with van der Waals surface area (Å²) in [6.45, 7) is -0.0656. The number of hydrogen-bond donors (Lipinski definition) is 2. The van der Waals surface area contributed by atoms with Gasteiger partial charge < -0.3 is 20.3 Å². The molecule has 0 unspecified atom stereocenters. The normalized spacial score (nSPS) is 10.1. The molecule has 6 nitrogen and oxygen atoms in total. The summed E-state index contributed by atoms with van der Waals surface area (Å²) in [5.74, 6) is 0.872. The van der Waals surface area contributed by atoms with Gasteiger partial charge in [-0.2, -0.15) is 0 Å². The van der Waals surface area contributed by atoms with Gasteiger partial charge in [-0.15, -0.1) is 0 Å². The average Bonchev–Trinajstić information content (AvgIpc) is 2.69. The lowest BCUT2D eigenvalue weighted by molar-refractivity contribution is -0.118. The molecule has 1 aromatic heterocycles. The van der Waals surface area contributed by atoms with E-state index in [1.54, 1.807) is 24.4 Å². The molecule has 2 N–H and O–H groups in total. The number of amides is 1. The molecule has 0 aliphatic carbocycles. The Morgan fingerprint density at radius 1 is 0.963 bits per heavy atom. The molecule has 0 aliphatic heterocycles. The highest BCUT2D eigenvalue weighted by molar-refractivity contribution is 5.91. The van der Waals surface area contributed by atoms with E-state index in [1.165, 1.54) is 0 Å². The lowest BCUT2D eigenvalue weighted by Crippen LogP contribution is -2.20. The Morgan fingerprint density at radius 3 is 2.30 bits per heavy atom. The minimum atomic E-state index is -0.258. The van der Waals surface area contributed by atoms with Gasteiger partial charge in [-0.05, 0) is 48.5 Å². The second kappa shape index (κ2) is 8.71. The second-order valence-corrected chi connectivity index (χ2v) is 6.15. The number of anilines is 4. The molecule has 0 radical (unpaired) electrons. The first-order valence-electron chi connectivity index (χ1n) is 8.58. The van der Waals surface area contributed by atoms with Crippen LogP contribution in [0.3, 0.4) is 0 Å². The molecule has 0 atom stereocenters. The highest BCUT2D eigenvalue weighted by Crippen LogP contribution is 2.20. The first-order valence-corrected chi connectivity index (χ1v) is 8.58. The highest BCUT2D eigenvalue weighted by Gasteiger charge is 2.05. The number of rotatable bonds is 7. The highest BCUT2D eigenvalue weighted by atomic mass is 16.5. The maximum atomic E-state index is 12.0. The lowest BCUT2D eigenvalue weighted by atomic mass is 10.2. The van der Waals surface area contributed by atoms with Crippen LogP contribution in [-0.2, 0) is 4.79 Å². The summed E-state index contributed by atoms with van der Waals surface area (Å²) in [6.07, 6.45) is 1.67. The molecule has 2 aromatic carbocycles. The van der Waals surface area contributed by atoms with Crippen molar-refractivity contribution in [3.8, 4) is 5.75 Å². The zero-order valence-electron chi connectivity index (χ0n) is 15.3. The van der Waals surface area contributed by atoms with Crippen LogP contribution in [0, 0.1) is 0 Å². The largest absolute Gasteiger partial charge is 0.484 e. The molecule has 0 fully saturated rings. The number of para-hydroxylation sites is 1. The third-order valence-electron chi connectivity index (χ3n) is 3.82. The Balaban J connectivity index is 1.51. The summed E-state index contributed by atoms with van der Waals surface area (Å²) in [6, 6.07) is 20.9. The average molecular weight is 362 g/mol. The van der Waals surface area contributed by atoms with E-state index in [1.807, 2.05) is 67.5 Å². The Labute approximate surface area is 158 Å². The van der Waals surface area contributed by atoms with Crippen LogP contribution in [0.15, 0.2) is 72.9 Å². The predicted molar refractivity (Wildman–Crippen MR) is 109 cm³/mol. The van der Waals surface area contributed by atoms with Crippen LogP contribution in [-0.4, -0.2) is 31.6 Å². The van der Waals surface area contributed by atoms with Gasteiger partial charge in [0.05, 0.1) is 11.9 Å². The van der Waals surface area contributed by atoms with E-state index in [-0.39, 0.29) is 12.5 Å². The molecule has 3 rings (SSSR count). The fraction of sp³-hybridized carbons (Fsp3) is 0.143. The van der Waals surface area contributed by atoms with Crippen molar-refractivity contribution in [3.05, 3.63) is 72.9 Å². The molecule has 3 aromatic rings. The molecule has 1 amide bonds. The zero-order chi connectivity index (χ0) is 19.1. The van der Waals surface area contributed by atoms with E-state index in [0.717, 1.165) is 17.1 Å². The quantitative estimate of drug-likeness (QED) is 0.667. The third-order valence-corrected chi connectivity index (χ3v) is 3.82. The summed E-state index contributed by atoms with van der Waals surface area (Å²) in [7, 11) is 4.01. The lowest BCUT2D eigenvalue weighted by Gasteiger charge is -2.13. The van der Waals surface area contributed by atoms with Crippen LogP contribution < -0.4 is 20.3 Å². The minimum Gasteiger partial charge on any atom is -0.484 e. The Kier molecular flexibility index (Phi) is 5.89. The number of benzene rings is 2. The van der Waals surface area contributed by atoms with Crippen molar-refractivity contribution in [1.82, 2.24) is 4.98 Å². The van der Waals surface area contributed by atoms with Crippen LogP contribution in [0.2, 0.25) is 0 Å². The van der Waals surface area contributed by atoms with Gasteiger partial charge >= 0.3 is 0 Å². The molecular formula is C21H22N4O2. The fourth-order valence-corrected chi connectivity index (χ4v) is 2.40. The van der Waals surface area contributed by atoms with Crippen LogP contribution >= 0.6 is 0 Å². The van der Waals surface area contributed by atoms with Crippen molar-refractivity contribution in [3.63, 3.8) is 0 Å². The van der Waals surface area contributed by atoms with Crippen molar-refractivity contribution in [2.45, 2.75) is 0 Å². The van der Waals surface area contributed by atoms with E-state index in [9.17, 15) is 4.79 Å². The van der Waals surface area contributed by atoms with Crippen molar-refractivity contribution < 1.29 is 9.53 Å². The monoisotopic (exact) mass is 362 g/mol. The minimum absolute atomic E-state index is 0.0656. The number of carbonyl (C=O) groups is 1. The van der Waals surface area contributed by atoms with Gasteiger partial charge in [-0.25, -0.2) is 4.98 Å². The standard InChI is InChI=1S/C21H22N4O2/c1-25(2)18-11-8-16(9-12-18)23-17-10-13-20(22-14-17)24-21(26)15-27-19-6-4-3-5-7-19/h3-14,23H,15H2,1-2H3,(H,22,24,26). The Bertz CT molecular complexity index is 863. The number of nitrogens with zero attached hydrogens (tertiary/aromatic N) is 2. The van der Waals surface area contributed by atoms with Crippen LogP contribution in [0.1, 0.15) is 0 Å². The van der Waals surface area contributed by atoms with E-state index in [2.05, 4.69) is 15.6 Å². The summed E-state index contributed by atoms with van der Waals surface area (Å²) < 4.78 is 5.41. The van der Waals surface area contributed by atoms with Crippen molar-refractivity contribution >= 4 is 28.8 Å². The van der Waals surface area contributed by atoms with Gasteiger partial charge in [-0.3, -0.25) is 4.79 Å². The molecule has 27 heavy (non-hydrogen) atoms. The molecule has 6 heteroatoms. The number of hydrogen-bond acceptors (Lipinski definition) is 5. The molecule has 0 saturated heterocycles. The van der Waals surface area contributed by atoms with Crippen molar-refractivity contribution in [1.29, 1.82) is 0 Å². The maximum Gasteiger partial charge on any atom is 0.263 e. The number of nitrogens with one attached hydrogen (secondary N) is 2. The molecule has 1 heterocycles. The van der Waals surface area contributed by atoms with Crippen molar-refractivity contribution in [2.24, 2.45) is 0 Å². The SMILES string of the molecule is CN(C)c1ccc(Nc2ccc(NC(=O)COc3ccccc3)nc2)cc1. The second-order valence-electron chi connectivity index (χ2n) is 6.15.